The number of rotatable bonds is 6. The Morgan fingerprint density at radius 1 is 1.21 bits per heavy atom. The molecule has 2 N–H and O–H groups in total. The Kier molecular flexibility index (Phi) is 6.55. The number of nitrogens with one attached hydrogen (secondary N) is 1. The molecule has 0 spiro atoms. The number of hydrogen-bond donors (Lipinski definition) is 2. The molecule has 33 heavy (non-hydrogen) atoms. The van der Waals surface area contributed by atoms with E-state index >= 15 is 0 Å². The van der Waals surface area contributed by atoms with Crippen molar-refractivity contribution in [3.8, 4) is 0 Å². The van der Waals surface area contributed by atoms with Crippen molar-refractivity contribution in [2.45, 2.75) is 31.2 Å². The fourth-order valence-electron chi connectivity index (χ4n) is 4.58. The Morgan fingerprint density at radius 3 is 2.64 bits per heavy atom. The molecule has 0 aromatic rings. The van der Waals surface area contributed by atoms with Crippen molar-refractivity contribution in [2.75, 3.05) is 6.61 Å². The van der Waals surface area contributed by atoms with Crippen molar-refractivity contribution in [3.63, 3.8) is 0 Å². The first-order chi connectivity index (χ1) is 15.7. The number of aliphatic hydroxyl groups is 1. The number of alkyl halides is 3. The lowest BCUT2D eigenvalue weighted by Gasteiger charge is -2.34. The third-order valence-electron chi connectivity index (χ3n) is 6.27. The summed E-state index contributed by atoms with van der Waals surface area (Å²) >= 11 is 0. The molecule has 1 heterocycles. The largest absolute Gasteiger partial charge is 0.493 e. The van der Waals surface area contributed by atoms with Crippen LogP contribution in [0.25, 0.3) is 0 Å². The van der Waals surface area contributed by atoms with Crippen molar-refractivity contribution in [2.24, 2.45) is 28.8 Å². The smallest absolute Gasteiger partial charge is 0.431 e. The third-order valence-corrected chi connectivity index (χ3v) is 6.27. The van der Waals surface area contributed by atoms with E-state index in [0.717, 1.165) is 0 Å². The van der Waals surface area contributed by atoms with E-state index in [2.05, 4.69) is 10.5 Å². The van der Waals surface area contributed by atoms with Gasteiger partial charge in [0.25, 0.3) is 5.70 Å². The lowest BCUT2D eigenvalue weighted by atomic mass is 9.73. The summed E-state index contributed by atoms with van der Waals surface area (Å²) in [4.78, 5) is 10.3. The van der Waals surface area contributed by atoms with Gasteiger partial charge >= 0.3 is 6.18 Å². The van der Waals surface area contributed by atoms with Gasteiger partial charge in [0.05, 0.1) is 23.7 Å². The van der Waals surface area contributed by atoms with Crippen LogP contribution in [0.5, 0.6) is 0 Å². The molecular weight excluding hydrogens is 439 g/mol. The van der Waals surface area contributed by atoms with E-state index in [4.69, 9.17) is 4.74 Å². The molecule has 0 amide bonds. The van der Waals surface area contributed by atoms with E-state index in [1.165, 1.54) is 18.2 Å². The molecule has 7 nitrogen and oxygen atoms in total. The summed E-state index contributed by atoms with van der Waals surface area (Å²) in [7, 11) is 0. The first kappa shape index (κ1) is 23.0. The molecular formula is C23H24F3N3O4. The second-order valence-corrected chi connectivity index (χ2v) is 8.44. The molecule has 176 valence electrons. The van der Waals surface area contributed by atoms with E-state index in [-0.39, 0.29) is 24.1 Å². The molecule has 10 heteroatoms. The van der Waals surface area contributed by atoms with Crippen LogP contribution in [0.15, 0.2) is 77.3 Å². The molecule has 1 aliphatic heterocycles. The second kappa shape index (κ2) is 9.38. The maximum atomic E-state index is 13.6. The Morgan fingerprint density at radius 2 is 2.03 bits per heavy atom. The maximum Gasteiger partial charge on any atom is 0.431 e. The van der Waals surface area contributed by atoms with Gasteiger partial charge < -0.3 is 15.3 Å². The van der Waals surface area contributed by atoms with Crippen molar-refractivity contribution in [3.05, 3.63) is 82.3 Å². The van der Waals surface area contributed by atoms with Gasteiger partial charge in [0.15, 0.2) is 0 Å². The van der Waals surface area contributed by atoms with Gasteiger partial charge in [0.1, 0.15) is 11.5 Å². The summed E-state index contributed by atoms with van der Waals surface area (Å²) in [6, 6.07) is -0.723. The van der Waals surface area contributed by atoms with E-state index in [0.29, 0.717) is 18.6 Å². The van der Waals surface area contributed by atoms with Gasteiger partial charge in [-0.2, -0.15) is 18.3 Å². The van der Waals surface area contributed by atoms with Gasteiger partial charge in [-0.1, -0.05) is 36.5 Å². The topological polar surface area (TPSA) is 97.0 Å². The minimum atomic E-state index is -4.56. The molecule has 0 aromatic heterocycles. The van der Waals surface area contributed by atoms with Crippen LogP contribution in [0.3, 0.4) is 0 Å². The first-order valence-electron chi connectivity index (χ1n) is 10.7. The monoisotopic (exact) mass is 463 g/mol. The summed E-state index contributed by atoms with van der Waals surface area (Å²) in [5.41, 5.74) is 1.82. The molecule has 4 rings (SSSR count). The van der Waals surface area contributed by atoms with Gasteiger partial charge in [-0.05, 0) is 37.0 Å². The highest BCUT2D eigenvalue weighted by Crippen LogP contribution is 2.39. The van der Waals surface area contributed by atoms with E-state index < -0.39 is 40.8 Å². The van der Waals surface area contributed by atoms with Crippen molar-refractivity contribution in [1.29, 1.82) is 0 Å². The SMILES string of the molecule is O=[N+]([O-])C1=CCC(COC2=CC(O)C(C3NN=C(C(F)(F)F)C3C3C=CC=CC3)C=C2)C=C1. The summed E-state index contributed by atoms with van der Waals surface area (Å²) in [5.74, 6) is -1.57. The molecule has 0 bridgehead atoms. The van der Waals surface area contributed by atoms with E-state index in [1.807, 2.05) is 6.08 Å². The lowest BCUT2D eigenvalue weighted by molar-refractivity contribution is -0.419. The average molecular weight is 463 g/mol. The van der Waals surface area contributed by atoms with Crippen LogP contribution in [0.2, 0.25) is 0 Å². The van der Waals surface area contributed by atoms with Gasteiger partial charge in [-0.3, -0.25) is 10.1 Å². The first-order valence-corrected chi connectivity index (χ1v) is 10.7. The van der Waals surface area contributed by atoms with Crippen LogP contribution in [-0.2, 0) is 4.74 Å². The molecule has 0 saturated carbocycles. The van der Waals surface area contributed by atoms with Crippen LogP contribution in [-0.4, -0.2) is 40.7 Å². The summed E-state index contributed by atoms with van der Waals surface area (Å²) < 4.78 is 46.6. The Labute approximate surface area is 188 Å². The van der Waals surface area contributed by atoms with Gasteiger partial charge in [-0.15, -0.1) is 0 Å². The number of nitro groups is 1. The zero-order chi connectivity index (χ0) is 23.6. The quantitative estimate of drug-likeness (QED) is 0.461. The highest BCUT2D eigenvalue weighted by atomic mass is 19.4. The minimum Gasteiger partial charge on any atom is -0.493 e. The zero-order valence-electron chi connectivity index (χ0n) is 17.6. The fraction of sp³-hybridized carbons (Fsp3) is 0.435. The van der Waals surface area contributed by atoms with Crippen molar-refractivity contribution in [1.82, 2.24) is 5.43 Å². The third kappa shape index (κ3) is 5.11. The number of nitrogens with zero attached hydrogens (tertiary/aromatic N) is 2. The maximum absolute atomic E-state index is 13.6. The predicted molar refractivity (Wildman–Crippen MR) is 115 cm³/mol. The van der Waals surface area contributed by atoms with E-state index in [9.17, 15) is 28.4 Å². The molecule has 3 aliphatic carbocycles. The van der Waals surface area contributed by atoms with Crippen LogP contribution in [0, 0.1) is 33.8 Å². The molecule has 6 unspecified atom stereocenters. The molecule has 6 atom stereocenters. The summed E-state index contributed by atoms with van der Waals surface area (Å²) in [5, 5.41) is 25.1. The predicted octanol–water partition coefficient (Wildman–Crippen LogP) is 3.81. The molecule has 0 radical (unpaired) electrons. The number of aliphatic hydroxyl groups excluding tert-OH is 1. The number of allylic oxidation sites excluding steroid dienone is 7. The second-order valence-electron chi connectivity index (χ2n) is 8.44. The number of hydrazone groups is 1. The average Bonchev–Trinajstić information content (AvgIpc) is 3.24. The number of hydrogen-bond acceptors (Lipinski definition) is 6. The highest BCUT2D eigenvalue weighted by molar-refractivity contribution is 5.94. The van der Waals surface area contributed by atoms with Gasteiger partial charge in [-0.25, -0.2) is 0 Å². The van der Waals surface area contributed by atoms with Crippen LogP contribution < -0.4 is 5.43 Å². The standard InChI is InChI=1S/C23H24F3N3O4/c24-23(25,26)22-20(15-4-2-1-3-5-15)21(27-28-22)18-11-10-17(12-19(18)30)33-13-14-6-8-16(9-7-14)29(31)32/h1-4,6,8-12,14-15,18-21,27,30H,5,7,13H2. The van der Waals surface area contributed by atoms with Crippen LogP contribution in [0.1, 0.15) is 12.8 Å². The number of ether oxygens (including phenoxy) is 1. The van der Waals surface area contributed by atoms with Crippen molar-refractivity contribution >= 4 is 5.71 Å². The Hall–Kier alpha value is -3.14. The number of halogens is 3. The van der Waals surface area contributed by atoms with Crippen LogP contribution in [0.4, 0.5) is 13.2 Å². The Balaban J connectivity index is 1.40. The van der Waals surface area contributed by atoms with Gasteiger partial charge in [0.2, 0.25) is 0 Å². The molecule has 0 aromatic carbocycles. The van der Waals surface area contributed by atoms with Gasteiger partial charge in [0, 0.05) is 23.8 Å². The van der Waals surface area contributed by atoms with Crippen molar-refractivity contribution < 1.29 is 27.9 Å². The molecule has 0 fully saturated rings. The normalized spacial score (nSPS) is 33.3. The van der Waals surface area contributed by atoms with Crippen LogP contribution >= 0.6 is 0 Å². The fourth-order valence-corrected chi connectivity index (χ4v) is 4.58. The minimum absolute atomic E-state index is 0.0451. The summed E-state index contributed by atoms with van der Waals surface area (Å²) in [6.07, 6.45) is 11.9. The zero-order valence-corrected chi connectivity index (χ0v) is 17.6. The van der Waals surface area contributed by atoms with E-state index in [1.54, 1.807) is 36.5 Å². The highest BCUT2D eigenvalue weighted by Gasteiger charge is 2.52. The lowest BCUT2D eigenvalue weighted by Crippen LogP contribution is -2.46. The summed E-state index contributed by atoms with van der Waals surface area (Å²) in [6.45, 7) is 0.260. The molecule has 0 saturated heterocycles. The molecule has 4 aliphatic rings. The Bertz CT molecular complexity index is 993.